The highest BCUT2D eigenvalue weighted by atomic mass is 79.9. The van der Waals surface area contributed by atoms with E-state index in [0.29, 0.717) is 12.2 Å². The first kappa shape index (κ1) is 12.8. The lowest BCUT2D eigenvalue weighted by Crippen LogP contribution is -2.20. The van der Waals surface area contributed by atoms with Gasteiger partial charge in [0.1, 0.15) is 5.76 Å². The summed E-state index contributed by atoms with van der Waals surface area (Å²) in [5, 5.41) is 10.8. The molecule has 18 heavy (non-hydrogen) atoms. The van der Waals surface area contributed by atoms with Crippen molar-refractivity contribution in [1.29, 1.82) is 0 Å². The number of ketones is 1. The Balaban J connectivity index is 2.10. The fraction of sp³-hybridized carbons (Fsp3) is 0.250. The lowest BCUT2D eigenvalue weighted by molar-refractivity contribution is -0.384. The number of carbonyl (C=O) groups excluding carboxylic acids is 1. The third-order valence-corrected chi connectivity index (χ3v) is 3.19. The minimum Gasteiger partial charge on any atom is -0.482 e. The third-order valence-electron chi connectivity index (χ3n) is 2.64. The molecule has 0 amide bonds. The monoisotopic (exact) mass is 311 g/mol. The van der Waals surface area contributed by atoms with Crippen molar-refractivity contribution in [3.8, 4) is 0 Å². The van der Waals surface area contributed by atoms with Gasteiger partial charge in [0.2, 0.25) is 0 Å². The van der Waals surface area contributed by atoms with Crippen LogP contribution in [0, 0.1) is 10.1 Å². The van der Waals surface area contributed by atoms with Gasteiger partial charge in [0, 0.05) is 24.1 Å². The van der Waals surface area contributed by atoms with Crippen molar-refractivity contribution in [2.24, 2.45) is 0 Å². The van der Waals surface area contributed by atoms with E-state index in [0.717, 1.165) is 5.56 Å². The van der Waals surface area contributed by atoms with E-state index >= 15 is 0 Å². The van der Waals surface area contributed by atoms with Crippen molar-refractivity contribution < 1.29 is 14.5 Å². The summed E-state index contributed by atoms with van der Waals surface area (Å²) in [4.78, 5) is 21.5. The first-order valence-corrected chi connectivity index (χ1v) is 6.44. The molecule has 0 saturated heterocycles. The fourth-order valence-electron chi connectivity index (χ4n) is 1.68. The van der Waals surface area contributed by atoms with Gasteiger partial charge in [0.25, 0.3) is 5.69 Å². The molecule has 1 aromatic carbocycles. The highest BCUT2D eigenvalue weighted by molar-refractivity contribution is 9.09. The van der Waals surface area contributed by atoms with Gasteiger partial charge >= 0.3 is 0 Å². The number of benzene rings is 1. The number of non-ortho nitro benzene ring substituents is 1. The molecule has 1 aromatic rings. The second kappa shape index (κ2) is 5.30. The number of hydrogen-bond acceptors (Lipinski definition) is 4. The third kappa shape index (κ3) is 2.59. The maximum atomic E-state index is 11.4. The summed E-state index contributed by atoms with van der Waals surface area (Å²) in [5.74, 6) is 0.590. The standard InChI is InChI=1S/C12H10BrNO4/c13-7-10(15)12-6-5-11(18-12)8-1-3-9(4-2-8)14(16)17/h1-5,12H,6-7H2. The Morgan fingerprint density at radius 2 is 2.11 bits per heavy atom. The molecule has 1 unspecified atom stereocenters. The molecule has 0 fully saturated rings. The summed E-state index contributed by atoms with van der Waals surface area (Å²) in [6.07, 6.45) is 1.91. The van der Waals surface area contributed by atoms with E-state index in [4.69, 9.17) is 4.74 Å². The lowest BCUT2D eigenvalue weighted by atomic mass is 10.1. The average Bonchev–Trinajstić information content (AvgIpc) is 2.87. The molecule has 1 aliphatic rings. The zero-order valence-electron chi connectivity index (χ0n) is 9.34. The molecule has 0 aliphatic carbocycles. The van der Waals surface area contributed by atoms with E-state index in [1.165, 1.54) is 12.1 Å². The molecule has 1 aliphatic heterocycles. The van der Waals surface area contributed by atoms with Gasteiger partial charge in [-0.05, 0) is 18.2 Å². The van der Waals surface area contributed by atoms with Crippen molar-refractivity contribution in [3.63, 3.8) is 0 Å². The summed E-state index contributed by atoms with van der Waals surface area (Å²) in [7, 11) is 0. The van der Waals surface area contributed by atoms with E-state index in [1.807, 2.05) is 6.08 Å². The van der Waals surface area contributed by atoms with Gasteiger partial charge in [-0.1, -0.05) is 15.9 Å². The van der Waals surface area contributed by atoms with Crippen LogP contribution in [-0.4, -0.2) is 22.1 Å². The van der Waals surface area contributed by atoms with Crippen LogP contribution >= 0.6 is 15.9 Å². The molecule has 1 atom stereocenters. The molecule has 0 aromatic heterocycles. The number of Topliss-reactive ketones (excluding diaryl/α,β-unsaturated/α-hetero) is 1. The zero-order chi connectivity index (χ0) is 13.1. The summed E-state index contributed by atoms with van der Waals surface area (Å²) >= 11 is 3.10. The average molecular weight is 312 g/mol. The maximum Gasteiger partial charge on any atom is 0.269 e. The summed E-state index contributed by atoms with van der Waals surface area (Å²) in [6, 6.07) is 6.06. The summed E-state index contributed by atoms with van der Waals surface area (Å²) in [5.41, 5.74) is 0.774. The van der Waals surface area contributed by atoms with E-state index in [2.05, 4.69) is 15.9 Å². The Kier molecular flexibility index (Phi) is 3.76. The van der Waals surface area contributed by atoms with E-state index in [-0.39, 0.29) is 16.8 Å². The fourth-order valence-corrected chi connectivity index (χ4v) is 2.04. The first-order valence-electron chi connectivity index (χ1n) is 5.32. The number of nitrogens with zero attached hydrogens (tertiary/aromatic N) is 1. The maximum absolute atomic E-state index is 11.4. The van der Waals surface area contributed by atoms with Gasteiger partial charge in [-0.2, -0.15) is 0 Å². The molecule has 5 nitrogen and oxygen atoms in total. The molecule has 1 heterocycles. The number of nitro groups is 1. The number of rotatable bonds is 4. The Morgan fingerprint density at radius 1 is 1.44 bits per heavy atom. The first-order chi connectivity index (χ1) is 8.61. The van der Waals surface area contributed by atoms with Gasteiger partial charge in [-0.25, -0.2) is 0 Å². The highest BCUT2D eigenvalue weighted by Gasteiger charge is 2.25. The topological polar surface area (TPSA) is 69.4 Å². The van der Waals surface area contributed by atoms with Crippen molar-refractivity contribution >= 4 is 33.2 Å². The van der Waals surface area contributed by atoms with E-state index in [1.54, 1.807) is 12.1 Å². The van der Waals surface area contributed by atoms with Gasteiger partial charge in [-0.15, -0.1) is 0 Å². The molecule has 2 rings (SSSR count). The van der Waals surface area contributed by atoms with Crippen LogP contribution in [0.3, 0.4) is 0 Å². The van der Waals surface area contributed by atoms with Crippen molar-refractivity contribution in [1.82, 2.24) is 0 Å². The van der Waals surface area contributed by atoms with Crippen LogP contribution in [0.2, 0.25) is 0 Å². The number of halogens is 1. The molecule has 0 saturated carbocycles. The summed E-state index contributed by atoms with van der Waals surface area (Å²) in [6.45, 7) is 0. The second-order valence-corrected chi connectivity index (χ2v) is 4.38. The Hall–Kier alpha value is -1.69. The molecular formula is C12H10BrNO4. The largest absolute Gasteiger partial charge is 0.482 e. The van der Waals surface area contributed by atoms with Crippen LogP contribution in [-0.2, 0) is 9.53 Å². The Labute approximate surface area is 112 Å². The number of carbonyl (C=O) groups is 1. The van der Waals surface area contributed by atoms with Crippen LogP contribution in [0.4, 0.5) is 5.69 Å². The smallest absolute Gasteiger partial charge is 0.269 e. The Bertz CT molecular complexity index is 509. The van der Waals surface area contributed by atoms with Gasteiger partial charge in [-0.3, -0.25) is 14.9 Å². The number of ether oxygens (including phenoxy) is 1. The molecule has 94 valence electrons. The quantitative estimate of drug-likeness (QED) is 0.487. The normalized spacial score (nSPS) is 18.1. The van der Waals surface area contributed by atoms with Crippen LogP contribution in [0.25, 0.3) is 5.76 Å². The van der Waals surface area contributed by atoms with Crippen molar-refractivity contribution in [3.05, 3.63) is 46.0 Å². The predicted molar refractivity (Wildman–Crippen MR) is 69.4 cm³/mol. The summed E-state index contributed by atoms with van der Waals surface area (Å²) < 4.78 is 5.51. The minimum atomic E-state index is -0.454. The van der Waals surface area contributed by atoms with Crippen LogP contribution < -0.4 is 0 Å². The number of hydrogen-bond donors (Lipinski definition) is 0. The lowest BCUT2D eigenvalue weighted by Gasteiger charge is -2.10. The van der Waals surface area contributed by atoms with Gasteiger partial charge in [0.05, 0.1) is 10.3 Å². The molecule has 0 bridgehead atoms. The molecule has 6 heteroatoms. The predicted octanol–water partition coefficient (Wildman–Crippen LogP) is 2.69. The van der Waals surface area contributed by atoms with Gasteiger partial charge < -0.3 is 4.74 Å². The van der Waals surface area contributed by atoms with Crippen LogP contribution in [0.5, 0.6) is 0 Å². The molecule has 0 N–H and O–H groups in total. The van der Waals surface area contributed by atoms with E-state index in [9.17, 15) is 14.9 Å². The van der Waals surface area contributed by atoms with Crippen LogP contribution in [0.15, 0.2) is 30.3 Å². The highest BCUT2D eigenvalue weighted by Crippen LogP contribution is 2.28. The molecular weight excluding hydrogens is 302 g/mol. The van der Waals surface area contributed by atoms with Crippen molar-refractivity contribution in [2.45, 2.75) is 12.5 Å². The van der Waals surface area contributed by atoms with Gasteiger partial charge in [0.15, 0.2) is 11.9 Å². The second-order valence-electron chi connectivity index (χ2n) is 3.81. The zero-order valence-corrected chi connectivity index (χ0v) is 10.9. The van der Waals surface area contributed by atoms with Crippen LogP contribution in [0.1, 0.15) is 12.0 Å². The molecule has 0 spiro atoms. The minimum absolute atomic E-state index is 0.0110. The van der Waals surface area contributed by atoms with E-state index < -0.39 is 11.0 Å². The Morgan fingerprint density at radius 3 is 2.67 bits per heavy atom. The van der Waals surface area contributed by atoms with Crippen molar-refractivity contribution in [2.75, 3.05) is 5.33 Å². The SMILES string of the molecule is O=C(CBr)C1CC=C(c2ccc([N+](=O)[O-])cc2)O1. The number of alkyl halides is 1. The molecule has 0 radical (unpaired) electrons. The number of nitro benzene ring substituents is 1.